The van der Waals surface area contributed by atoms with Crippen LogP contribution in [-0.2, 0) is 0 Å². The van der Waals surface area contributed by atoms with Crippen molar-refractivity contribution in [2.24, 2.45) is 0 Å². The number of rotatable bonds is 2. The summed E-state index contributed by atoms with van der Waals surface area (Å²) in [6.45, 7) is 2.13. The van der Waals surface area contributed by atoms with Crippen molar-refractivity contribution in [1.29, 1.82) is 0 Å². The van der Waals surface area contributed by atoms with Gasteiger partial charge in [-0.05, 0) is 113 Å². The number of aryl methyl sites for hydroxylation is 1. The molecule has 0 nitrogen and oxygen atoms in total. The van der Waals surface area contributed by atoms with Crippen molar-refractivity contribution in [3.8, 4) is 22.3 Å². The number of hydrogen-bond donors (Lipinski definition) is 0. The van der Waals surface area contributed by atoms with E-state index in [9.17, 15) is 13.2 Å². The van der Waals surface area contributed by atoms with E-state index in [4.69, 9.17) is 0 Å². The molecule has 0 atom stereocenters. The Morgan fingerprint density at radius 3 is 1.18 bits per heavy atom. The molecule has 0 aliphatic carbocycles. The minimum absolute atomic E-state index is 0.307. The largest absolute Gasteiger partial charge is 0.204 e. The van der Waals surface area contributed by atoms with Gasteiger partial charge in [-0.3, -0.25) is 0 Å². The smallest absolute Gasteiger partial charge is 0.194 e. The van der Waals surface area contributed by atoms with Crippen LogP contribution in [0.25, 0.3) is 76.1 Å². The van der Waals surface area contributed by atoms with Crippen molar-refractivity contribution in [3.05, 3.63) is 132 Å². The summed E-state index contributed by atoms with van der Waals surface area (Å²) in [6.07, 6.45) is 0. The van der Waals surface area contributed by atoms with Crippen LogP contribution in [0.5, 0.6) is 0 Å². The van der Waals surface area contributed by atoms with Crippen LogP contribution < -0.4 is 0 Å². The van der Waals surface area contributed by atoms with Gasteiger partial charge in [0.15, 0.2) is 17.5 Å². The average Bonchev–Trinajstić information content (AvgIpc) is 2.96. The second-order valence-corrected chi connectivity index (χ2v) is 10.6. The molecule has 0 aromatic heterocycles. The van der Waals surface area contributed by atoms with Crippen molar-refractivity contribution in [2.45, 2.75) is 6.92 Å². The average molecular weight is 523 g/mol. The first-order chi connectivity index (χ1) is 19.5. The van der Waals surface area contributed by atoms with Crippen molar-refractivity contribution < 1.29 is 13.2 Å². The highest BCUT2D eigenvalue weighted by Crippen LogP contribution is 2.46. The first-order valence-electron chi connectivity index (χ1n) is 13.3. The Kier molecular flexibility index (Phi) is 4.78. The molecule has 0 fully saturated rings. The maximum atomic E-state index is 14.4. The Morgan fingerprint density at radius 1 is 0.425 bits per heavy atom. The van der Waals surface area contributed by atoms with Crippen LogP contribution in [-0.4, -0.2) is 0 Å². The van der Waals surface area contributed by atoms with E-state index in [0.717, 1.165) is 55.6 Å². The highest BCUT2D eigenvalue weighted by atomic mass is 19.2. The van der Waals surface area contributed by atoms with Gasteiger partial charge in [0.25, 0.3) is 0 Å². The van der Waals surface area contributed by atoms with E-state index in [1.54, 1.807) is 0 Å². The summed E-state index contributed by atoms with van der Waals surface area (Å²) in [5.74, 6) is -3.86. The van der Waals surface area contributed by atoms with Crippen molar-refractivity contribution >= 4 is 53.9 Å². The fraction of sp³-hybridized carbons (Fsp3) is 0.0270. The monoisotopic (exact) mass is 522 g/mol. The maximum absolute atomic E-state index is 14.4. The van der Waals surface area contributed by atoms with Crippen LogP contribution in [0.3, 0.4) is 0 Å². The molecule has 8 aromatic rings. The van der Waals surface area contributed by atoms with Gasteiger partial charge in [0, 0.05) is 0 Å². The summed E-state index contributed by atoms with van der Waals surface area (Å²) in [4.78, 5) is 0. The van der Waals surface area contributed by atoms with Gasteiger partial charge in [-0.25, -0.2) is 13.2 Å². The summed E-state index contributed by atoms with van der Waals surface area (Å²) < 4.78 is 42.7. The zero-order valence-corrected chi connectivity index (χ0v) is 21.5. The minimum Gasteiger partial charge on any atom is -0.204 e. The zero-order chi connectivity index (χ0) is 27.1. The van der Waals surface area contributed by atoms with Crippen molar-refractivity contribution in [1.82, 2.24) is 0 Å². The molecule has 0 saturated heterocycles. The van der Waals surface area contributed by atoms with E-state index in [-0.39, 0.29) is 0 Å². The van der Waals surface area contributed by atoms with Crippen molar-refractivity contribution in [2.75, 3.05) is 0 Å². The molecule has 0 amide bonds. The molecule has 0 aliphatic rings. The molecule has 0 saturated carbocycles. The van der Waals surface area contributed by atoms with E-state index < -0.39 is 17.5 Å². The lowest BCUT2D eigenvalue weighted by molar-refractivity contribution is 0.448. The SMILES string of the molecule is Cc1cc2ccc3cc(-c4c5ccccc5c(-c5cc(F)c(F)c(F)c5)c5ccccc45)cc4ccc(c1)c2c34. The van der Waals surface area contributed by atoms with Crippen LogP contribution in [0.15, 0.2) is 109 Å². The summed E-state index contributed by atoms with van der Waals surface area (Å²) >= 11 is 0. The molecule has 0 aliphatic heterocycles. The zero-order valence-electron chi connectivity index (χ0n) is 21.5. The molecular formula is C37H21F3. The maximum Gasteiger partial charge on any atom is 0.194 e. The van der Waals surface area contributed by atoms with Crippen LogP contribution in [0.4, 0.5) is 13.2 Å². The lowest BCUT2D eigenvalue weighted by Crippen LogP contribution is -1.95. The number of fused-ring (bicyclic) bond motifs is 2. The minimum atomic E-state index is -1.46. The van der Waals surface area contributed by atoms with E-state index in [1.165, 1.54) is 27.1 Å². The lowest BCUT2D eigenvalue weighted by Gasteiger charge is -2.19. The number of benzene rings is 8. The molecular weight excluding hydrogens is 501 g/mol. The Hall–Kier alpha value is -4.89. The van der Waals surface area contributed by atoms with E-state index >= 15 is 0 Å². The van der Waals surface area contributed by atoms with Gasteiger partial charge in [-0.1, -0.05) is 84.9 Å². The molecule has 0 radical (unpaired) electrons. The van der Waals surface area contributed by atoms with E-state index in [0.29, 0.717) is 11.1 Å². The third-order valence-corrected chi connectivity index (χ3v) is 8.17. The Balaban J connectivity index is 1.50. The standard InChI is InChI=1S/C37H21F3/c1-20-14-21-10-12-23-16-25(17-24-13-11-22(15-20)33(21)34(23)24)35-27-6-2-4-8-29(27)36(30-9-5-3-7-28(30)35)26-18-31(38)37(40)32(39)19-26/h2-19H,1H3. The van der Waals surface area contributed by atoms with E-state index in [1.807, 2.05) is 48.5 Å². The molecule has 0 unspecified atom stereocenters. The first kappa shape index (κ1) is 23.0. The summed E-state index contributed by atoms with van der Waals surface area (Å²) in [6, 6.07) is 35.7. The van der Waals surface area contributed by atoms with Crippen LogP contribution in [0.2, 0.25) is 0 Å². The number of halogens is 3. The predicted octanol–water partition coefficient (Wildman–Crippen LogP) is 11.0. The molecule has 8 rings (SSSR count). The molecule has 3 heteroatoms. The highest BCUT2D eigenvalue weighted by Gasteiger charge is 2.20. The number of hydrogen-bond acceptors (Lipinski definition) is 0. The van der Waals surface area contributed by atoms with Gasteiger partial charge in [0.2, 0.25) is 0 Å². The second-order valence-electron chi connectivity index (χ2n) is 10.6. The molecule has 0 heterocycles. The molecule has 40 heavy (non-hydrogen) atoms. The highest BCUT2D eigenvalue weighted by molar-refractivity contribution is 6.26. The second kappa shape index (κ2) is 8.30. The third-order valence-electron chi connectivity index (χ3n) is 8.17. The van der Waals surface area contributed by atoms with Gasteiger partial charge >= 0.3 is 0 Å². The van der Waals surface area contributed by atoms with Gasteiger partial charge in [0.05, 0.1) is 0 Å². The van der Waals surface area contributed by atoms with Crippen LogP contribution in [0, 0.1) is 24.4 Å². The van der Waals surface area contributed by atoms with Gasteiger partial charge in [-0.2, -0.15) is 0 Å². The fourth-order valence-electron chi connectivity index (χ4n) is 6.59. The van der Waals surface area contributed by atoms with Crippen LogP contribution in [0.1, 0.15) is 5.56 Å². The normalized spacial score (nSPS) is 12.0. The fourth-order valence-corrected chi connectivity index (χ4v) is 6.59. The van der Waals surface area contributed by atoms with E-state index in [2.05, 4.69) is 55.5 Å². The van der Waals surface area contributed by atoms with Gasteiger partial charge < -0.3 is 0 Å². The summed E-state index contributed by atoms with van der Waals surface area (Å²) in [7, 11) is 0. The Bertz CT molecular complexity index is 2170. The molecule has 0 N–H and O–H groups in total. The Morgan fingerprint density at radius 2 is 0.775 bits per heavy atom. The molecule has 0 bridgehead atoms. The summed E-state index contributed by atoms with van der Waals surface area (Å²) in [5.41, 5.74) is 4.35. The summed E-state index contributed by atoms with van der Waals surface area (Å²) in [5, 5.41) is 10.9. The van der Waals surface area contributed by atoms with Gasteiger partial charge in [0.1, 0.15) is 0 Å². The molecule has 8 aromatic carbocycles. The lowest BCUT2D eigenvalue weighted by atomic mass is 9.84. The quantitative estimate of drug-likeness (QED) is 0.120. The van der Waals surface area contributed by atoms with Gasteiger partial charge in [-0.15, -0.1) is 0 Å². The van der Waals surface area contributed by atoms with Crippen LogP contribution >= 0.6 is 0 Å². The van der Waals surface area contributed by atoms with Crippen molar-refractivity contribution in [3.63, 3.8) is 0 Å². The Labute approximate surface area is 228 Å². The molecule has 0 spiro atoms. The predicted molar refractivity (Wildman–Crippen MR) is 161 cm³/mol. The first-order valence-corrected chi connectivity index (χ1v) is 13.3. The topological polar surface area (TPSA) is 0 Å². The third kappa shape index (κ3) is 3.21. The molecule has 190 valence electrons.